The third kappa shape index (κ3) is 4.49. The van der Waals surface area contributed by atoms with Gasteiger partial charge in [-0.2, -0.15) is 13.2 Å². The summed E-state index contributed by atoms with van der Waals surface area (Å²) in [6, 6.07) is 1.93. The van der Waals surface area contributed by atoms with Crippen LogP contribution < -0.4 is 4.74 Å². The van der Waals surface area contributed by atoms with Gasteiger partial charge in [0.25, 0.3) is 5.91 Å². The topological polar surface area (TPSA) is 43.7 Å². The van der Waals surface area contributed by atoms with E-state index >= 15 is 0 Å². The lowest BCUT2D eigenvalue weighted by Gasteiger charge is -2.26. The van der Waals surface area contributed by atoms with E-state index in [4.69, 9.17) is 44.3 Å². The van der Waals surface area contributed by atoms with Gasteiger partial charge in [0.15, 0.2) is 6.61 Å². The van der Waals surface area contributed by atoms with Crippen LogP contribution >= 0.6 is 34.8 Å². The van der Waals surface area contributed by atoms with Crippen molar-refractivity contribution in [3.8, 4) is 16.9 Å². The van der Waals surface area contributed by atoms with Crippen molar-refractivity contribution < 1.29 is 31.8 Å². The van der Waals surface area contributed by atoms with Gasteiger partial charge in [0.05, 0.1) is 23.3 Å². The first-order chi connectivity index (χ1) is 14.0. The number of nitrogens with zero attached hydrogens (tertiary/aromatic N) is 2. The number of hydrogen-bond donors (Lipinski definition) is 0. The molecule has 5 nitrogen and oxygen atoms in total. The molecule has 2 aromatic rings. The molecule has 1 aromatic heterocycles. The van der Waals surface area contributed by atoms with Gasteiger partial charge < -0.3 is 18.9 Å². The van der Waals surface area contributed by atoms with E-state index in [-0.39, 0.29) is 27.8 Å². The summed E-state index contributed by atoms with van der Waals surface area (Å²) in [6.07, 6.45) is -4.81. The van der Waals surface area contributed by atoms with Crippen LogP contribution in [0, 0.1) is 5.82 Å². The van der Waals surface area contributed by atoms with E-state index < -0.39 is 34.5 Å². The molecule has 1 saturated heterocycles. The summed E-state index contributed by atoms with van der Waals surface area (Å²) in [6.45, 7) is 1.22. The van der Waals surface area contributed by atoms with Crippen LogP contribution in [-0.2, 0) is 22.8 Å². The average Bonchev–Trinajstić information content (AvgIpc) is 2.90. The fourth-order valence-corrected chi connectivity index (χ4v) is 4.00. The van der Waals surface area contributed by atoms with Gasteiger partial charge in [-0.3, -0.25) is 4.79 Å². The van der Waals surface area contributed by atoms with Crippen LogP contribution in [-0.4, -0.2) is 48.3 Å². The fraction of sp³-hybridized carbons (Fsp3) is 0.389. The second-order valence-corrected chi connectivity index (χ2v) is 7.57. The molecule has 1 aliphatic rings. The summed E-state index contributed by atoms with van der Waals surface area (Å²) < 4.78 is 65.6. The number of halogens is 7. The van der Waals surface area contributed by atoms with Gasteiger partial charge in [0.2, 0.25) is 0 Å². The summed E-state index contributed by atoms with van der Waals surface area (Å²) in [4.78, 5) is 13.8. The third-order valence-corrected chi connectivity index (χ3v) is 5.64. The van der Waals surface area contributed by atoms with Gasteiger partial charge >= 0.3 is 6.18 Å². The van der Waals surface area contributed by atoms with Crippen molar-refractivity contribution in [1.82, 2.24) is 9.47 Å². The van der Waals surface area contributed by atoms with E-state index in [0.29, 0.717) is 30.9 Å². The lowest BCUT2D eigenvalue weighted by atomic mass is 10.1. The molecule has 0 spiro atoms. The molecule has 3 rings (SSSR count). The molecule has 0 atom stereocenters. The lowest BCUT2D eigenvalue weighted by molar-refractivity contribution is -0.143. The second-order valence-electron chi connectivity index (χ2n) is 6.43. The van der Waals surface area contributed by atoms with Crippen LogP contribution in [0.1, 0.15) is 5.69 Å². The molecular weight excluding hydrogens is 475 g/mol. The van der Waals surface area contributed by atoms with Crippen molar-refractivity contribution in [1.29, 1.82) is 0 Å². The Hall–Kier alpha value is -1.68. The van der Waals surface area contributed by atoms with E-state index in [1.165, 1.54) is 4.90 Å². The van der Waals surface area contributed by atoms with Gasteiger partial charge in [-0.15, -0.1) is 0 Å². The van der Waals surface area contributed by atoms with Crippen LogP contribution in [0.2, 0.25) is 15.2 Å². The SMILES string of the molecule is Cn1c(Cl)c(-c2cc(OCC(=O)N3CCOCC3)c(Cl)cc2F)c(Cl)c1C(F)(F)F. The Bertz CT molecular complexity index is 973. The first-order valence-corrected chi connectivity index (χ1v) is 9.74. The summed E-state index contributed by atoms with van der Waals surface area (Å²) in [5, 5.41) is -1.33. The molecule has 0 bridgehead atoms. The molecule has 0 N–H and O–H groups in total. The number of morpholine rings is 1. The first-order valence-electron chi connectivity index (χ1n) is 8.61. The van der Waals surface area contributed by atoms with Crippen LogP contribution in [0.4, 0.5) is 17.6 Å². The molecule has 1 fully saturated rings. The molecule has 0 radical (unpaired) electrons. The maximum atomic E-state index is 14.6. The smallest absolute Gasteiger partial charge is 0.432 e. The number of carbonyl (C=O) groups excluding carboxylic acids is 1. The van der Waals surface area contributed by atoms with E-state index in [0.717, 1.165) is 19.2 Å². The quantitative estimate of drug-likeness (QED) is 0.565. The van der Waals surface area contributed by atoms with Crippen molar-refractivity contribution in [3.63, 3.8) is 0 Å². The van der Waals surface area contributed by atoms with Crippen molar-refractivity contribution in [2.24, 2.45) is 7.05 Å². The zero-order valence-electron chi connectivity index (χ0n) is 15.5. The average molecular weight is 490 g/mol. The van der Waals surface area contributed by atoms with E-state index in [1.807, 2.05) is 0 Å². The molecule has 2 heterocycles. The second kappa shape index (κ2) is 8.82. The van der Waals surface area contributed by atoms with E-state index in [2.05, 4.69) is 0 Å². The normalized spacial score (nSPS) is 14.9. The Morgan fingerprint density at radius 2 is 1.83 bits per heavy atom. The molecule has 12 heteroatoms. The van der Waals surface area contributed by atoms with E-state index in [1.54, 1.807) is 0 Å². The summed E-state index contributed by atoms with van der Waals surface area (Å²) in [7, 11) is 1.06. The standard InChI is InChI=1S/C18H15Cl3F4N2O3/c1-26-16(18(23,24)25)15(20)14(17(26)21)9-6-12(10(19)7-11(9)22)30-8-13(28)27-2-4-29-5-3-27/h6-7H,2-5,8H2,1H3. The summed E-state index contributed by atoms with van der Waals surface area (Å²) >= 11 is 17.9. The number of hydrogen-bond acceptors (Lipinski definition) is 3. The van der Waals surface area contributed by atoms with Gasteiger partial charge in [-0.05, 0) is 12.1 Å². The molecule has 1 aromatic carbocycles. The predicted octanol–water partition coefficient (Wildman–Crippen LogP) is 5.05. The van der Waals surface area contributed by atoms with Crippen molar-refractivity contribution in [2.75, 3.05) is 32.9 Å². The number of carbonyl (C=O) groups is 1. The fourth-order valence-electron chi connectivity index (χ4n) is 3.04. The molecule has 0 saturated carbocycles. The molecule has 0 unspecified atom stereocenters. The predicted molar refractivity (Wildman–Crippen MR) is 104 cm³/mol. The van der Waals surface area contributed by atoms with Crippen LogP contribution in [0.3, 0.4) is 0 Å². The molecule has 164 valence electrons. The van der Waals surface area contributed by atoms with Crippen molar-refractivity contribution in [3.05, 3.63) is 38.8 Å². The Morgan fingerprint density at radius 1 is 1.20 bits per heavy atom. The summed E-state index contributed by atoms with van der Waals surface area (Å²) in [5.74, 6) is -1.38. The first kappa shape index (κ1) is 23.0. The zero-order chi connectivity index (χ0) is 22.2. The number of rotatable bonds is 4. The monoisotopic (exact) mass is 488 g/mol. The highest BCUT2D eigenvalue weighted by Crippen LogP contribution is 2.47. The largest absolute Gasteiger partial charge is 0.482 e. The van der Waals surface area contributed by atoms with Crippen molar-refractivity contribution >= 4 is 40.7 Å². The van der Waals surface area contributed by atoms with Crippen LogP contribution in [0.15, 0.2) is 12.1 Å². The Labute approximate surface area is 184 Å². The molecule has 0 aliphatic carbocycles. The Morgan fingerprint density at radius 3 is 2.40 bits per heavy atom. The minimum absolute atomic E-state index is 0.0979. The number of alkyl halides is 3. The van der Waals surface area contributed by atoms with Gasteiger partial charge in [-0.1, -0.05) is 34.8 Å². The molecule has 1 aliphatic heterocycles. The highest BCUT2D eigenvalue weighted by molar-refractivity contribution is 6.40. The maximum Gasteiger partial charge on any atom is 0.432 e. The third-order valence-electron chi connectivity index (χ3n) is 4.54. The Kier molecular flexibility index (Phi) is 6.76. The minimum atomic E-state index is -4.81. The maximum absolute atomic E-state index is 14.6. The van der Waals surface area contributed by atoms with Gasteiger partial charge in [0, 0.05) is 31.3 Å². The van der Waals surface area contributed by atoms with Crippen molar-refractivity contribution in [2.45, 2.75) is 6.18 Å². The number of aromatic nitrogens is 1. The number of amides is 1. The van der Waals surface area contributed by atoms with Crippen LogP contribution in [0.5, 0.6) is 5.75 Å². The highest BCUT2D eigenvalue weighted by atomic mass is 35.5. The lowest BCUT2D eigenvalue weighted by Crippen LogP contribution is -2.43. The van der Waals surface area contributed by atoms with Gasteiger partial charge in [0.1, 0.15) is 22.4 Å². The minimum Gasteiger partial charge on any atom is -0.482 e. The molecular formula is C18H15Cl3F4N2O3. The van der Waals surface area contributed by atoms with Gasteiger partial charge in [-0.25, -0.2) is 4.39 Å². The number of ether oxygens (including phenoxy) is 2. The Balaban J connectivity index is 1.94. The van der Waals surface area contributed by atoms with Crippen LogP contribution in [0.25, 0.3) is 11.1 Å². The molecule has 30 heavy (non-hydrogen) atoms. The zero-order valence-corrected chi connectivity index (χ0v) is 17.7. The molecule has 1 amide bonds. The highest BCUT2D eigenvalue weighted by Gasteiger charge is 2.40. The number of benzene rings is 1. The van der Waals surface area contributed by atoms with E-state index in [9.17, 15) is 22.4 Å². The summed E-state index contributed by atoms with van der Waals surface area (Å²) in [5.41, 5.74) is -1.91.